The third kappa shape index (κ3) is 8.13. The van der Waals surface area contributed by atoms with E-state index >= 15 is 0 Å². The first kappa shape index (κ1) is 35.8. The lowest BCUT2D eigenvalue weighted by molar-refractivity contribution is -0.144. The van der Waals surface area contributed by atoms with Crippen molar-refractivity contribution in [3.05, 3.63) is 107 Å². The van der Waals surface area contributed by atoms with E-state index in [1.807, 2.05) is 60.7 Å². The van der Waals surface area contributed by atoms with E-state index in [1.54, 1.807) is 6.07 Å². The molecular formula is C41H50N2O7. The number of carbonyl (C=O) groups excluding carboxylic acids is 2. The number of furan rings is 1. The molecular weight excluding hydrogens is 632 g/mol. The van der Waals surface area contributed by atoms with Crippen molar-refractivity contribution in [1.82, 2.24) is 9.80 Å². The Morgan fingerprint density at radius 2 is 1.68 bits per heavy atom. The van der Waals surface area contributed by atoms with Crippen molar-refractivity contribution in [3.63, 3.8) is 0 Å². The Bertz CT molecular complexity index is 1640. The van der Waals surface area contributed by atoms with Gasteiger partial charge in [-0.2, -0.15) is 0 Å². The predicted octanol–water partition coefficient (Wildman–Crippen LogP) is 5.75. The number of benzene rings is 2. The summed E-state index contributed by atoms with van der Waals surface area (Å²) in [5, 5.41) is 32.2. The van der Waals surface area contributed by atoms with Gasteiger partial charge >= 0.3 is 0 Å². The molecule has 2 aliphatic heterocycles. The molecule has 3 N–H and O–H groups in total. The number of piperidine rings is 1. The second-order valence-electron chi connectivity index (χ2n) is 13.9. The molecule has 3 aliphatic rings. The second kappa shape index (κ2) is 16.8. The van der Waals surface area contributed by atoms with Crippen LogP contribution < -0.4 is 4.74 Å². The molecule has 2 amide bonds. The van der Waals surface area contributed by atoms with Crippen LogP contribution in [0.5, 0.6) is 5.75 Å². The Morgan fingerprint density at radius 3 is 2.34 bits per heavy atom. The van der Waals surface area contributed by atoms with Crippen molar-refractivity contribution in [2.24, 2.45) is 17.8 Å². The number of likely N-dealkylation sites (tertiary alicyclic amines) is 2. The summed E-state index contributed by atoms with van der Waals surface area (Å²) >= 11 is 0. The molecule has 2 saturated heterocycles. The van der Waals surface area contributed by atoms with Crippen LogP contribution in [0.3, 0.4) is 0 Å². The van der Waals surface area contributed by atoms with Gasteiger partial charge in [-0.25, -0.2) is 0 Å². The van der Waals surface area contributed by atoms with E-state index in [1.165, 1.54) is 10.5 Å². The number of ether oxygens (including phenoxy) is 1. The lowest BCUT2D eigenvalue weighted by atomic mass is 9.68. The first-order chi connectivity index (χ1) is 24.4. The number of nitrogens with zero attached hydrogens (tertiary/aromatic N) is 2. The molecule has 9 heteroatoms. The average molecular weight is 683 g/mol. The normalized spacial score (nSPS) is 22.7. The van der Waals surface area contributed by atoms with Gasteiger partial charge in [-0.3, -0.25) is 19.4 Å². The summed E-state index contributed by atoms with van der Waals surface area (Å²) in [7, 11) is 0. The van der Waals surface area contributed by atoms with E-state index in [0.717, 1.165) is 43.6 Å². The zero-order chi connectivity index (χ0) is 35.0. The van der Waals surface area contributed by atoms with Gasteiger partial charge in [-0.1, -0.05) is 67.4 Å². The van der Waals surface area contributed by atoms with E-state index in [4.69, 9.17) is 9.15 Å². The standard InChI is InChI=1S/C41H50N2O7/c1-2-9-28(22-33-15-16-34(25-44)50-33)14-17-37(46)38-30(27-49-32-12-7-4-8-13-32)23-35-39(36(38)26-45)41(48)43(40(35)47)31-18-20-42(21-19-31)24-29-10-5-3-6-11-29/h3-8,10-13,15-16,22,31,35-37,39,44-46H,2,9,14,17-21,23-27H2,1H3/b28-22+/t35-,36+,37-,39-/m1/s1. The van der Waals surface area contributed by atoms with E-state index in [9.17, 15) is 24.9 Å². The molecule has 0 unspecified atom stereocenters. The first-order valence-corrected chi connectivity index (χ1v) is 18.1. The fourth-order valence-corrected chi connectivity index (χ4v) is 8.17. The van der Waals surface area contributed by atoms with Crippen LogP contribution in [0.4, 0.5) is 0 Å². The zero-order valence-corrected chi connectivity index (χ0v) is 29.0. The minimum Gasteiger partial charge on any atom is -0.489 e. The van der Waals surface area contributed by atoms with E-state index in [2.05, 4.69) is 24.0 Å². The number of rotatable bonds is 15. The van der Waals surface area contributed by atoms with Crippen molar-refractivity contribution in [2.75, 3.05) is 26.3 Å². The number of fused-ring (bicyclic) bond motifs is 1. The molecule has 266 valence electrons. The van der Waals surface area contributed by atoms with E-state index < -0.39 is 23.9 Å². The fourth-order valence-electron chi connectivity index (χ4n) is 8.17. The van der Waals surface area contributed by atoms with Crippen molar-refractivity contribution in [3.8, 4) is 5.75 Å². The molecule has 1 aliphatic carbocycles. The van der Waals surface area contributed by atoms with Crippen molar-refractivity contribution >= 4 is 17.9 Å². The number of hydrogen-bond acceptors (Lipinski definition) is 8. The lowest BCUT2D eigenvalue weighted by Gasteiger charge is -2.37. The molecule has 4 atom stereocenters. The van der Waals surface area contributed by atoms with Gasteiger partial charge in [-0.05, 0) is 85.6 Å². The van der Waals surface area contributed by atoms with Crippen LogP contribution in [0.15, 0.2) is 93.9 Å². The third-order valence-electron chi connectivity index (χ3n) is 10.6. The highest BCUT2D eigenvalue weighted by atomic mass is 16.5. The Morgan fingerprint density at radius 1 is 0.960 bits per heavy atom. The highest BCUT2D eigenvalue weighted by Crippen LogP contribution is 2.47. The van der Waals surface area contributed by atoms with Gasteiger partial charge in [-0.15, -0.1) is 0 Å². The molecule has 2 aromatic carbocycles. The van der Waals surface area contributed by atoms with Gasteiger partial charge in [0.05, 0.1) is 24.5 Å². The summed E-state index contributed by atoms with van der Waals surface area (Å²) < 4.78 is 11.9. The summed E-state index contributed by atoms with van der Waals surface area (Å²) in [4.78, 5) is 32.2. The molecule has 0 spiro atoms. The third-order valence-corrected chi connectivity index (χ3v) is 10.6. The fraction of sp³-hybridized carbons (Fsp3) is 0.463. The highest BCUT2D eigenvalue weighted by molar-refractivity contribution is 6.06. The van der Waals surface area contributed by atoms with Crippen LogP contribution in [0.1, 0.15) is 69.0 Å². The average Bonchev–Trinajstić information content (AvgIpc) is 3.70. The highest BCUT2D eigenvalue weighted by Gasteiger charge is 2.56. The number of aliphatic hydroxyl groups is 3. The number of aliphatic hydroxyl groups excluding tert-OH is 3. The molecule has 0 radical (unpaired) electrons. The summed E-state index contributed by atoms with van der Waals surface area (Å²) in [6.07, 6.45) is 5.43. The minimum absolute atomic E-state index is 0.156. The summed E-state index contributed by atoms with van der Waals surface area (Å²) in [5.74, 6) is -0.579. The first-order valence-electron chi connectivity index (χ1n) is 18.1. The minimum atomic E-state index is -0.939. The Hall–Kier alpha value is -4.02. The van der Waals surface area contributed by atoms with Gasteiger partial charge in [0.2, 0.25) is 11.8 Å². The lowest BCUT2D eigenvalue weighted by Crippen LogP contribution is -2.47. The summed E-state index contributed by atoms with van der Waals surface area (Å²) in [5.41, 5.74) is 3.75. The van der Waals surface area contributed by atoms with E-state index in [-0.39, 0.29) is 37.7 Å². The Balaban J connectivity index is 1.21. The molecule has 2 fully saturated rings. The smallest absolute Gasteiger partial charge is 0.234 e. The van der Waals surface area contributed by atoms with Crippen LogP contribution in [-0.2, 0) is 22.7 Å². The summed E-state index contributed by atoms with van der Waals surface area (Å²) in [6.45, 7) is 4.15. The van der Waals surface area contributed by atoms with Crippen LogP contribution in [0.2, 0.25) is 0 Å². The molecule has 1 aromatic heterocycles. The van der Waals surface area contributed by atoms with E-state index in [0.29, 0.717) is 54.9 Å². The largest absolute Gasteiger partial charge is 0.489 e. The molecule has 0 saturated carbocycles. The van der Waals surface area contributed by atoms with Crippen molar-refractivity contribution in [2.45, 2.75) is 77.2 Å². The molecule has 0 bridgehead atoms. The molecule has 50 heavy (non-hydrogen) atoms. The van der Waals surface area contributed by atoms with Crippen LogP contribution in [-0.4, -0.2) is 75.4 Å². The number of allylic oxidation sites excluding steroid dienone is 1. The molecule has 3 heterocycles. The molecule has 9 nitrogen and oxygen atoms in total. The number of hydrogen-bond donors (Lipinski definition) is 3. The van der Waals surface area contributed by atoms with Gasteiger partial charge in [0.25, 0.3) is 0 Å². The number of carbonyl (C=O) groups is 2. The SMILES string of the molecule is CCC/C(=C\c1ccc(CO)o1)CC[C@@H](O)C1=C(COc2ccccc2)C[C@H]2C(=O)N(C3CCN(Cc4ccccc4)CC3)C(=O)[C@H]2[C@H]1CO. The second-order valence-corrected chi connectivity index (χ2v) is 13.9. The maximum Gasteiger partial charge on any atom is 0.234 e. The monoisotopic (exact) mass is 682 g/mol. The van der Waals surface area contributed by atoms with Gasteiger partial charge < -0.3 is 24.5 Å². The van der Waals surface area contributed by atoms with Crippen LogP contribution in [0, 0.1) is 17.8 Å². The zero-order valence-electron chi connectivity index (χ0n) is 29.0. The molecule has 3 aromatic rings. The maximum absolute atomic E-state index is 14.2. The number of amides is 2. The quantitative estimate of drug-likeness (QED) is 0.137. The number of para-hydroxylation sites is 1. The van der Waals surface area contributed by atoms with Crippen LogP contribution in [0.25, 0.3) is 6.08 Å². The predicted molar refractivity (Wildman–Crippen MR) is 190 cm³/mol. The van der Waals surface area contributed by atoms with Crippen molar-refractivity contribution < 1.29 is 34.1 Å². The van der Waals surface area contributed by atoms with Gasteiger partial charge in [0.15, 0.2) is 0 Å². The van der Waals surface area contributed by atoms with Gasteiger partial charge in [0, 0.05) is 31.6 Å². The van der Waals surface area contributed by atoms with Gasteiger partial charge in [0.1, 0.15) is 30.5 Å². The molecule has 6 rings (SSSR count). The van der Waals surface area contributed by atoms with Crippen molar-refractivity contribution in [1.29, 1.82) is 0 Å². The topological polar surface area (TPSA) is 124 Å². The van der Waals surface area contributed by atoms with Crippen LogP contribution >= 0.6 is 0 Å². The Labute approximate surface area is 294 Å². The maximum atomic E-state index is 14.2. The summed E-state index contributed by atoms with van der Waals surface area (Å²) in [6, 6.07) is 23.1. The number of imide groups is 1. The Kier molecular flexibility index (Phi) is 12.0.